The number of carbonyl (C=O) groups is 2. The van der Waals surface area contributed by atoms with Crippen LogP contribution in [-0.2, 0) is 23.5 Å². The van der Waals surface area contributed by atoms with Gasteiger partial charge in [-0.25, -0.2) is 0 Å². The Morgan fingerprint density at radius 3 is 2.38 bits per heavy atom. The van der Waals surface area contributed by atoms with E-state index >= 15 is 0 Å². The standard InChI is InChI=1S/C28H50O5Si/c1-20(2)13-15-24(32-22(4)29)21(3)12-11-17-28(8)26(30)16-14-23(19-31-28)25(33-34(9)10)18-27(5,6)7/h13,21,24,34H,11-12,14-19H2,1-10H3/b25-23-/t21?,24?,28-/m0/s1. The lowest BCUT2D eigenvalue weighted by molar-refractivity contribution is -0.148. The molecule has 6 heteroatoms. The van der Waals surface area contributed by atoms with Crippen LogP contribution < -0.4 is 0 Å². The number of ketones is 1. The van der Waals surface area contributed by atoms with Gasteiger partial charge in [-0.2, -0.15) is 0 Å². The summed E-state index contributed by atoms with van der Waals surface area (Å²) < 4.78 is 18.2. The molecule has 0 N–H and O–H groups in total. The molecule has 3 atom stereocenters. The maximum atomic E-state index is 13.1. The summed E-state index contributed by atoms with van der Waals surface area (Å²) in [4.78, 5) is 24.7. The first-order valence-electron chi connectivity index (χ1n) is 13.0. The Labute approximate surface area is 210 Å². The highest BCUT2D eigenvalue weighted by Crippen LogP contribution is 2.34. The highest BCUT2D eigenvalue weighted by atomic mass is 28.3. The first-order valence-corrected chi connectivity index (χ1v) is 15.8. The lowest BCUT2D eigenvalue weighted by Gasteiger charge is -2.29. The summed E-state index contributed by atoms with van der Waals surface area (Å²) in [5.41, 5.74) is 1.71. The molecule has 0 aromatic rings. The predicted octanol–water partition coefficient (Wildman–Crippen LogP) is 6.91. The van der Waals surface area contributed by atoms with E-state index in [1.165, 1.54) is 12.5 Å². The van der Waals surface area contributed by atoms with Gasteiger partial charge in [0.15, 0.2) is 5.78 Å². The molecule has 1 aliphatic rings. The minimum atomic E-state index is -1.25. The lowest BCUT2D eigenvalue weighted by Crippen LogP contribution is -2.37. The van der Waals surface area contributed by atoms with Crippen LogP contribution in [0.15, 0.2) is 23.0 Å². The molecule has 0 amide bonds. The van der Waals surface area contributed by atoms with Gasteiger partial charge >= 0.3 is 5.97 Å². The van der Waals surface area contributed by atoms with Gasteiger partial charge in [0.1, 0.15) is 11.7 Å². The number of hydrogen-bond acceptors (Lipinski definition) is 5. The smallest absolute Gasteiger partial charge is 0.302 e. The van der Waals surface area contributed by atoms with E-state index in [0.29, 0.717) is 25.9 Å². The Hall–Kier alpha value is -1.40. The number of hydrogen-bond donors (Lipinski definition) is 0. The number of ether oxygens (including phenoxy) is 2. The van der Waals surface area contributed by atoms with Crippen LogP contribution in [0.4, 0.5) is 0 Å². The molecule has 1 rings (SSSR count). The van der Waals surface area contributed by atoms with Crippen molar-refractivity contribution in [1.82, 2.24) is 0 Å². The van der Waals surface area contributed by atoms with Crippen molar-refractivity contribution in [2.45, 2.75) is 125 Å². The summed E-state index contributed by atoms with van der Waals surface area (Å²) in [5.74, 6) is 1.18. The maximum absolute atomic E-state index is 13.1. The van der Waals surface area contributed by atoms with E-state index in [-0.39, 0.29) is 29.2 Å². The van der Waals surface area contributed by atoms with Crippen molar-refractivity contribution in [1.29, 1.82) is 0 Å². The van der Waals surface area contributed by atoms with Crippen molar-refractivity contribution in [2.75, 3.05) is 6.61 Å². The fourth-order valence-electron chi connectivity index (χ4n) is 4.28. The zero-order valence-electron chi connectivity index (χ0n) is 23.5. The zero-order chi connectivity index (χ0) is 26.1. The second-order valence-electron chi connectivity index (χ2n) is 11.9. The van der Waals surface area contributed by atoms with E-state index in [1.54, 1.807) is 0 Å². The molecule has 34 heavy (non-hydrogen) atoms. The molecule has 0 spiro atoms. The van der Waals surface area contributed by atoms with Crippen LogP contribution in [0.2, 0.25) is 13.1 Å². The van der Waals surface area contributed by atoms with Gasteiger partial charge in [-0.3, -0.25) is 9.59 Å². The van der Waals surface area contributed by atoms with E-state index in [4.69, 9.17) is 13.9 Å². The molecule has 196 valence electrons. The Morgan fingerprint density at radius 1 is 1.21 bits per heavy atom. The van der Waals surface area contributed by atoms with E-state index in [1.807, 2.05) is 6.92 Å². The van der Waals surface area contributed by atoms with Crippen molar-refractivity contribution < 1.29 is 23.5 Å². The molecular weight excluding hydrogens is 444 g/mol. The number of esters is 1. The third-order valence-electron chi connectivity index (χ3n) is 6.30. The third-order valence-corrected chi connectivity index (χ3v) is 7.05. The summed E-state index contributed by atoms with van der Waals surface area (Å²) in [6.45, 7) is 21.1. The van der Waals surface area contributed by atoms with Gasteiger partial charge in [-0.1, -0.05) is 39.3 Å². The summed E-state index contributed by atoms with van der Waals surface area (Å²) in [6, 6.07) is 0. The molecule has 1 heterocycles. The molecular formula is C28H50O5Si. The molecule has 0 saturated carbocycles. The SMILES string of the molecule is CC(=O)OC(CC=C(C)C)C(C)CCC[C@]1(C)OC/C(=C(/CC(C)(C)C)O[SiH](C)C)CCC1=O. The highest BCUT2D eigenvalue weighted by molar-refractivity contribution is 6.48. The van der Waals surface area contributed by atoms with Crippen molar-refractivity contribution in [3.05, 3.63) is 23.0 Å². The average molecular weight is 495 g/mol. The Bertz CT molecular complexity index is 742. The Kier molecular flexibility index (Phi) is 12.3. The molecule has 0 aliphatic carbocycles. The Morgan fingerprint density at radius 2 is 1.85 bits per heavy atom. The number of carbonyl (C=O) groups excluding carboxylic acids is 2. The van der Waals surface area contributed by atoms with Crippen LogP contribution in [0.5, 0.6) is 0 Å². The Balaban J connectivity index is 2.85. The molecule has 0 aromatic carbocycles. The van der Waals surface area contributed by atoms with Gasteiger partial charge in [-0.15, -0.1) is 0 Å². The normalized spacial score (nSPS) is 22.6. The first-order chi connectivity index (χ1) is 15.6. The highest BCUT2D eigenvalue weighted by Gasteiger charge is 2.37. The predicted molar refractivity (Wildman–Crippen MR) is 142 cm³/mol. The van der Waals surface area contributed by atoms with Crippen LogP contribution in [0.25, 0.3) is 0 Å². The minimum absolute atomic E-state index is 0.116. The van der Waals surface area contributed by atoms with Gasteiger partial charge in [-0.05, 0) is 76.5 Å². The van der Waals surface area contributed by atoms with Gasteiger partial charge < -0.3 is 13.9 Å². The van der Waals surface area contributed by atoms with Gasteiger partial charge in [0.2, 0.25) is 9.04 Å². The molecule has 2 unspecified atom stereocenters. The molecule has 1 aliphatic heterocycles. The van der Waals surface area contributed by atoms with E-state index < -0.39 is 14.6 Å². The van der Waals surface area contributed by atoms with Crippen molar-refractivity contribution in [3.8, 4) is 0 Å². The second kappa shape index (κ2) is 13.6. The number of allylic oxidation sites excluding steroid dienone is 2. The summed E-state index contributed by atoms with van der Waals surface area (Å²) in [5, 5.41) is 0. The monoisotopic (exact) mass is 494 g/mol. The molecule has 0 radical (unpaired) electrons. The molecule has 0 aromatic heterocycles. The average Bonchev–Trinajstić information content (AvgIpc) is 2.82. The number of Topliss-reactive ketones (excluding diaryl/α,β-unsaturated/α-hetero) is 1. The van der Waals surface area contributed by atoms with Gasteiger partial charge in [0.05, 0.1) is 12.4 Å². The fourth-order valence-corrected chi connectivity index (χ4v) is 5.10. The second-order valence-corrected chi connectivity index (χ2v) is 14.2. The van der Waals surface area contributed by atoms with Gasteiger partial charge in [0.25, 0.3) is 0 Å². The third kappa shape index (κ3) is 11.3. The molecule has 1 saturated heterocycles. The van der Waals surface area contributed by atoms with Crippen molar-refractivity contribution in [2.24, 2.45) is 11.3 Å². The maximum Gasteiger partial charge on any atom is 0.302 e. The summed E-state index contributed by atoms with van der Waals surface area (Å²) in [6.07, 6.45) is 7.17. The topological polar surface area (TPSA) is 61.8 Å². The molecule has 0 bridgehead atoms. The summed E-state index contributed by atoms with van der Waals surface area (Å²) in [7, 11) is -1.25. The van der Waals surface area contributed by atoms with E-state index in [0.717, 1.165) is 37.0 Å². The largest absolute Gasteiger partial charge is 0.550 e. The molecule has 5 nitrogen and oxygen atoms in total. The van der Waals surface area contributed by atoms with Crippen LogP contribution in [0.1, 0.15) is 100 Å². The fraction of sp³-hybridized carbons (Fsp3) is 0.786. The quantitative estimate of drug-likeness (QED) is 0.135. The van der Waals surface area contributed by atoms with Crippen molar-refractivity contribution >= 4 is 20.8 Å². The van der Waals surface area contributed by atoms with Crippen LogP contribution >= 0.6 is 0 Å². The lowest BCUT2D eigenvalue weighted by atomic mass is 9.87. The number of rotatable bonds is 11. The zero-order valence-corrected chi connectivity index (χ0v) is 24.7. The minimum Gasteiger partial charge on any atom is -0.550 e. The molecule has 1 fully saturated rings. The first kappa shape index (κ1) is 30.6. The van der Waals surface area contributed by atoms with Crippen LogP contribution in [0.3, 0.4) is 0 Å². The van der Waals surface area contributed by atoms with Gasteiger partial charge in [0, 0.05) is 26.2 Å². The van der Waals surface area contributed by atoms with E-state index in [9.17, 15) is 9.59 Å². The van der Waals surface area contributed by atoms with Crippen LogP contribution in [0, 0.1) is 11.3 Å². The van der Waals surface area contributed by atoms with E-state index in [2.05, 4.69) is 60.7 Å². The van der Waals surface area contributed by atoms with Crippen LogP contribution in [-0.4, -0.2) is 39.1 Å². The summed E-state index contributed by atoms with van der Waals surface area (Å²) >= 11 is 0. The van der Waals surface area contributed by atoms with Crippen molar-refractivity contribution in [3.63, 3.8) is 0 Å².